The summed E-state index contributed by atoms with van der Waals surface area (Å²) in [6, 6.07) is 2.36. The number of anilines is 1. The van der Waals surface area contributed by atoms with Gasteiger partial charge >= 0.3 is 6.09 Å². The molecular weight excluding hydrogens is 422 g/mol. The lowest BCUT2D eigenvalue weighted by Crippen LogP contribution is -2.51. The number of fused-ring (bicyclic) bond motifs is 1. The van der Waals surface area contributed by atoms with Gasteiger partial charge in [0.15, 0.2) is 11.6 Å². The lowest BCUT2D eigenvalue weighted by atomic mass is 10.0. The van der Waals surface area contributed by atoms with Crippen LogP contribution in [-0.2, 0) is 0 Å². The summed E-state index contributed by atoms with van der Waals surface area (Å²) in [7, 11) is 0. The van der Waals surface area contributed by atoms with Gasteiger partial charge in [-0.25, -0.2) is 28.5 Å². The largest absolute Gasteiger partial charge is 0.465 e. The number of aliphatic hydroxyl groups excluding tert-OH is 1. The van der Waals surface area contributed by atoms with Gasteiger partial charge in [-0.05, 0) is 39.3 Å². The lowest BCUT2D eigenvalue weighted by molar-refractivity contribution is 0.0573. The van der Waals surface area contributed by atoms with Gasteiger partial charge in [-0.15, -0.1) is 0 Å². The van der Waals surface area contributed by atoms with Gasteiger partial charge < -0.3 is 25.0 Å². The number of piperidine rings is 1. The van der Waals surface area contributed by atoms with Crippen molar-refractivity contribution in [3.05, 3.63) is 35.8 Å². The van der Waals surface area contributed by atoms with Crippen molar-refractivity contribution in [3.8, 4) is 11.3 Å². The fourth-order valence-electron chi connectivity index (χ4n) is 4.14. The van der Waals surface area contributed by atoms with Crippen LogP contribution in [-0.4, -0.2) is 66.0 Å². The minimum absolute atomic E-state index is 0.0280. The number of aryl methyl sites for hydroxylation is 1. The molecule has 32 heavy (non-hydrogen) atoms. The van der Waals surface area contributed by atoms with Crippen LogP contribution in [0.25, 0.3) is 22.3 Å². The molecule has 1 amide bonds. The van der Waals surface area contributed by atoms with Crippen LogP contribution in [0.5, 0.6) is 0 Å². The van der Waals surface area contributed by atoms with E-state index in [0.717, 1.165) is 11.1 Å². The molecule has 2 atom stereocenters. The Bertz CT molecular complexity index is 1180. The molecule has 0 bridgehead atoms. The van der Waals surface area contributed by atoms with Gasteiger partial charge in [-0.3, -0.25) is 0 Å². The highest BCUT2D eigenvalue weighted by atomic mass is 19.1. The van der Waals surface area contributed by atoms with E-state index in [1.165, 1.54) is 6.07 Å². The van der Waals surface area contributed by atoms with Crippen molar-refractivity contribution in [2.24, 2.45) is 0 Å². The number of aromatic nitrogens is 4. The van der Waals surface area contributed by atoms with E-state index >= 15 is 0 Å². The zero-order chi connectivity index (χ0) is 23.2. The van der Waals surface area contributed by atoms with Gasteiger partial charge in [-0.1, -0.05) is 0 Å². The highest BCUT2D eigenvalue weighted by Gasteiger charge is 2.30. The van der Waals surface area contributed by atoms with E-state index in [0.29, 0.717) is 17.8 Å². The molecule has 1 aliphatic rings. The number of nitrogens with one attached hydrogen (secondary N) is 1. The summed E-state index contributed by atoms with van der Waals surface area (Å²) >= 11 is 0. The number of amides is 1. The minimum Gasteiger partial charge on any atom is -0.465 e. The maximum atomic E-state index is 14.8. The van der Waals surface area contributed by atoms with Gasteiger partial charge in [0.2, 0.25) is 5.95 Å². The van der Waals surface area contributed by atoms with Crippen molar-refractivity contribution in [2.75, 3.05) is 18.4 Å². The van der Waals surface area contributed by atoms with E-state index in [9.17, 15) is 18.7 Å². The third kappa shape index (κ3) is 3.95. The van der Waals surface area contributed by atoms with Crippen LogP contribution in [0, 0.1) is 18.6 Å². The second-order valence-corrected chi connectivity index (χ2v) is 8.17. The molecule has 11 heteroatoms. The molecule has 3 heterocycles. The molecular formula is C21H24F2N6O3. The molecule has 9 nitrogen and oxygen atoms in total. The Morgan fingerprint density at radius 2 is 2.00 bits per heavy atom. The first-order valence-electron chi connectivity index (χ1n) is 10.3. The van der Waals surface area contributed by atoms with Gasteiger partial charge in [-0.2, -0.15) is 0 Å². The molecule has 4 rings (SSSR count). The number of hydrogen-bond acceptors (Lipinski definition) is 6. The Labute approximate surface area is 182 Å². The van der Waals surface area contributed by atoms with Crippen LogP contribution in [0.2, 0.25) is 0 Å². The number of imidazole rings is 1. The number of carboxylic acid groups (broad SMARTS) is 1. The van der Waals surface area contributed by atoms with E-state index < -0.39 is 29.9 Å². The van der Waals surface area contributed by atoms with E-state index in [1.807, 2.05) is 18.4 Å². The van der Waals surface area contributed by atoms with Crippen molar-refractivity contribution >= 4 is 23.1 Å². The number of carbonyl (C=O) groups is 1. The molecule has 170 valence electrons. The highest BCUT2D eigenvalue weighted by molar-refractivity contribution is 5.83. The molecule has 1 fully saturated rings. The average Bonchev–Trinajstić information content (AvgIpc) is 3.07. The Kier molecular flexibility index (Phi) is 5.68. The number of β-amino-alcohol motifs (C(OH)–C–C–N with tert-alkyl or cyclic N) is 1. The number of hydrogen-bond donors (Lipinski definition) is 3. The van der Waals surface area contributed by atoms with Crippen molar-refractivity contribution in [1.82, 2.24) is 24.4 Å². The van der Waals surface area contributed by atoms with E-state index in [4.69, 9.17) is 5.11 Å². The summed E-state index contributed by atoms with van der Waals surface area (Å²) in [4.78, 5) is 24.6. The fourth-order valence-corrected chi connectivity index (χ4v) is 4.14. The third-order valence-corrected chi connectivity index (χ3v) is 5.63. The zero-order valence-corrected chi connectivity index (χ0v) is 17.9. The number of benzene rings is 1. The normalized spacial score (nSPS) is 19.0. The minimum atomic E-state index is -1.10. The number of halogens is 2. The van der Waals surface area contributed by atoms with Crippen molar-refractivity contribution in [1.29, 1.82) is 0 Å². The van der Waals surface area contributed by atoms with Crippen LogP contribution >= 0.6 is 0 Å². The number of nitrogens with zero attached hydrogens (tertiary/aromatic N) is 5. The molecule has 0 unspecified atom stereocenters. The van der Waals surface area contributed by atoms with E-state index in [-0.39, 0.29) is 41.9 Å². The van der Waals surface area contributed by atoms with Crippen LogP contribution in [0.15, 0.2) is 18.3 Å². The van der Waals surface area contributed by atoms with Gasteiger partial charge in [0, 0.05) is 18.2 Å². The van der Waals surface area contributed by atoms with Crippen LogP contribution in [0.1, 0.15) is 32.1 Å². The SMILES string of the molecule is Cc1nc2c(F)cc(-c3nc(N[C@@H]4CCN(C(=O)O)C[C@H]4O)ncc3F)cc2n1C(C)C. The molecule has 3 aromatic rings. The van der Waals surface area contributed by atoms with Crippen LogP contribution in [0.3, 0.4) is 0 Å². The summed E-state index contributed by atoms with van der Waals surface area (Å²) in [5, 5.41) is 22.3. The van der Waals surface area contributed by atoms with Gasteiger partial charge in [0.1, 0.15) is 17.0 Å². The number of likely N-dealkylation sites (tertiary alicyclic amines) is 1. The maximum Gasteiger partial charge on any atom is 0.407 e. The highest BCUT2D eigenvalue weighted by Crippen LogP contribution is 2.30. The quantitative estimate of drug-likeness (QED) is 0.564. The van der Waals surface area contributed by atoms with Crippen molar-refractivity contribution < 1.29 is 23.8 Å². The van der Waals surface area contributed by atoms with Crippen LogP contribution in [0.4, 0.5) is 19.5 Å². The predicted octanol–water partition coefficient (Wildman–Crippen LogP) is 3.19. The average molecular weight is 446 g/mol. The molecule has 0 aliphatic carbocycles. The summed E-state index contributed by atoms with van der Waals surface area (Å²) < 4.78 is 31.3. The smallest absolute Gasteiger partial charge is 0.407 e. The summed E-state index contributed by atoms with van der Waals surface area (Å²) in [5.41, 5.74) is 0.897. The van der Waals surface area contributed by atoms with E-state index in [1.54, 1.807) is 13.0 Å². The van der Waals surface area contributed by atoms with E-state index in [2.05, 4.69) is 20.3 Å². The molecule has 0 spiro atoms. The topological polar surface area (TPSA) is 116 Å². The molecule has 1 aliphatic heterocycles. The maximum absolute atomic E-state index is 14.8. The number of aliphatic hydroxyl groups is 1. The molecule has 0 radical (unpaired) electrons. The Balaban J connectivity index is 1.67. The molecule has 3 N–H and O–H groups in total. The molecule has 1 saturated heterocycles. The summed E-state index contributed by atoms with van der Waals surface area (Å²) in [5.74, 6) is -0.589. The van der Waals surface area contributed by atoms with Gasteiger partial charge in [0.25, 0.3) is 0 Å². The summed E-state index contributed by atoms with van der Waals surface area (Å²) in [6.07, 6.45) is -0.765. The zero-order valence-electron chi connectivity index (χ0n) is 17.9. The second-order valence-electron chi connectivity index (χ2n) is 8.17. The predicted molar refractivity (Wildman–Crippen MR) is 113 cm³/mol. The van der Waals surface area contributed by atoms with Crippen molar-refractivity contribution in [2.45, 2.75) is 45.4 Å². The first kappa shape index (κ1) is 21.9. The first-order chi connectivity index (χ1) is 15.2. The molecule has 2 aromatic heterocycles. The standard InChI is InChI=1S/C21H24F2N6O3/c1-10(2)29-11(3)25-19-13(22)6-12(7-16(19)29)18-14(23)8-24-20(27-18)26-15-4-5-28(21(31)32)9-17(15)30/h6-8,10,15,17,30H,4-5,9H2,1-3H3,(H,31,32)(H,24,26,27)/t15-,17-/m1/s1. The van der Waals surface area contributed by atoms with Crippen molar-refractivity contribution in [3.63, 3.8) is 0 Å². The monoisotopic (exact) mass is 446 g/mol. The Morgan fingerprint density at radius 3 is 2.66 bits per heavy atom. The lowest BCUT2D eigenvalue weighted by Gasteiger charge is -2.34. The fraction of sp³-hybridized carbons (Fsp3) is 0.429. The van der Waals surface area contributed by atoms with Gasteiger partial charge in [0.05, 0.1) is 30.4 Å². The van der Waals surface area contributed by atoms with Crippen LogP contribution < -0.4 is 5.32 Å². The Hall–Kier alpha value is -3.34. The Morgan fingerprint density at radius 1 is 1.25 bits per heavy atom. The second kappa shape index (κ2) is 8.30. The molecule has 0 saturated carbocycles. The summed E-state index contributed by atoms with van der Waals surface area (Å²) in [6.45, 7) is 5.87. The molecule has 1 aromatic carbocycles. The third-order valence-electron chi connectivity index (χ3n) is 5.63. The first-order valence-corrected chi connectivity index (χ1v) is 10.3. The number of rotatable bonds is 4.